The van der Waals surface area contributed by atoms with E-state index in [1.165, 1.54) is 4.57 Å². The highest BCUT2D eigenvalue weighted by molar-refractivity contribution is 5.85. The topological polar surface area (TPSA) is 172 Å². The van der Waals surface area contributed by atoms with Gasteiger partial charge in [-0.15, -0.1) is 0 Å². The summed E-state index contributed by atoms with van der Waals surface area (Å²) in [6.07, 6.45) is 5.17. The van der Waals surface area contributed by atoms with Crippen LogP contribution in [0.4, 0.5) is 16.4 Å². The average Bonchev–Trinajstić information content (AvgIpc) is 3.22. The van der Waals surface area contributed by atoms with Crippen molar-refractivity contribution in [2.45, 2.75) is 64.6 Å². The lowest BCUT2D eigenvalue weighted by Crippen LogP contribution is -2.52. The summed E-state index contributed by atoms with van der Waals surface area (Å²) in [5.41, 5.74) is 12.1. The van der Waals surface area contributed by atoms with Crippen molar-refractivity contribution in [1.82, 2.24) is 30.1 Å². The minimum Gasteiger partial charge on any atom is -0.487 e. The molecule has 1 atom stereocenters. The monoisotopic (exact) mass is 765 g/mol. The summed E-state index contributed by atoms with van der Waals surface area (Å²) in [5, 5.41) is 17.5. The Balaban J connectivity index is 0.972. The molecule has 3 amide bonds. The van der Waals surface area contributed by atoms with Gasteiger partial charge in [-0.1, -0.05) is 51.6 Å². The number of hydrogen-bond acceptors (Lipinski definition) is 9. The molecule has 1 unspecified atom stereocenters. The molecule has 292 valence electrons. The number of hydrogen-bond donors (Lipinski definition) is 3. The van der Waals surface area contributed by atoms with Crippen LogP contribution in [0.25, 0.3) is 10.8 Å². The first-order chi connectivity index (χ1) is 27.4. The van der Waals surface area contributed by atoms with Crippen molar-refractivity contribution < 1.29 is 14.3 Å². The van der Waals surface area contributed by atoms with Crippen molar-refractivity contribution in [3.05, 3.63) is 135 Å². The van der Waals surface area contributed by atoms with Crippen LogP contribution in [0.1, 0.15) is 73.2 Å². The Labute approximate surface area is 331 Å². The van der Waals surface area contributed by atoms with E-state index in [0.29, 0.717) is 73.7 Å². The van der Waals surface area contributed by atoms with Gasteiger partial charge in [-0.3, -0.25) is 9.59 Å². The molecule has 0 saturated carbocycles. The Hall–Kier alpha value is -6.68. The van der Waals surface area contributed by atoms with E-state index in [-0.39, 0.29) is 30.1 Å². The number of ether oxygens (including phenoxy) is 1. The number of nitrogens with one attached hydrogen (secondary N) is 2. The minimum absolute atomic E-state index is 0.168. The Bertz CT molecular complexity index is 2440. The maximum absolute atomic E-state index is 13.3. The molecule has 2 saturated heterocycles. The zero-order valence-corrected chi connectivity index (χ0v) is 32.5. The number of piperazine rings is 1. The van der Waals surface area contributed by atoms with E-state index in [9.17, 15) is 19.6 Å². The molecule has 2 aromatic heterocycles. The number of pyridine rings is 1. The van der Waals surface area contributed by atoms with E-state index in [1.807, 2.05) is 36.4 Å². The van der Waals surface area contributed by atoms with Crippen LogP contribution in [0.5, 0.6) is 5.75 Å². The number of piperidine rings is 1. The summed E-state index contributed by atoms with van der Waals surface area (Å²) < 4.78 is 7.42. The minimum atomic E-state index is -0.571. The summed E-state index contributed by atoms with van der Waals surface area (Å²) >= 11 is 0. The number of anilines is 2. The number of benzene rings is 3. The van der Waals surface area contributed by atoms with Crippen molar-refractivity contribution in [3.8, 4) is 11.8 Å². The average molecular weight is 766 g/mol. The molecule has 2 aliphatic rings. The zero-order valence-electron chi connectivity index (χ0n) is 32.5. The lowest BCUT2D eigenvalue weighted by molar-refractivity contribution is -0.124. The number of nitrogens with zero attached hydrogens (tertiary/aromatic N) is 6. The van der Waals surface area contributed by atoms with Crippen LogP contribution >= 0.6 is 0 Å². The molecular formula is C44H47N9O4. The number of carbonyl (C=O) groups is 2. The second kappa shape index (κ2) is 16.2. The molecule has 4 heterocycles. The molecule has 2 fully saturated rings. The van der Waals surface area contributed by atoms with Gasteiger partial charge in [-0.25, -0.2) is 14.8 Å². The summed E-state index contributed by atoms with van der Waals surface area (Å²) in [7, 11) is 0. The van der Waals surface area contributed by atoms with Crippen LogP contribution in [-0.2, 0) is 29.8 Å². The summed E-state index contributed by atoms with van der Waals surface area (Å²) in [6.45, 7) is 13.0. The third-order valence-corrected chi connectivity index (χ3v) is 11.1. The van der Waals surface area contributed by atoms with E-state index >= 15 is 0 Å². The number of urea groups is 1. The number of carbonyl (C=O) groups excluding carboxylic acids is 2. The van der Waals surface area contributed by atoms with Gasteiger partial charge in [-0.2, -0.15) is 5.26 Å². The van der Waals surface area contributed by atoms with E-state index in [1.54, 1.807) is 29.4 Å². The Kier molecular flexibility index (Phi) is 11.0. The number of rotatable bonds is 10. The Morgan fingerprint density at radius 3 is 2.53 bits per heavy atom. The first-order valence-electron chi connectivity index (χ1n) is 19.2. The standard InChI is InChI=1S/C44H47N9O4/c1-5-30-23-34(44(3,4)33-8-10-36(11-9-33)57-27-35-14-16-47-42(46)50-35)24-32(25-45)39(30)51-18-20-52(21-19-51)43(56)48-26-29-7-12-37-31(22-29)15-17-53(41(37)55)38-13-6-28(2)49-40(38)54/h7-12,14-17,22-24,38H,2,5-6,13,18-21,26-27H2,1,3-4H3,(H,48,56)(H,49,54)(H2,46,47,50). The van der Waals surface area contributed by atoms with Gasteiger partial charge in [0.25, 0.3) is 5.56 Å². The SMILES string of the molecule is C=C1CCC(n2ccc3cc(CNC(=O)N4CCN(c5c(C#N)cc(C(C)(C)c6ccc(OCc7ccnc(N)n7)cc6)cc5CC)CC4)ccc3c2=O)C(=O)N1. The highest BCUT2D eigenvalue weighted by Gasteiger charge is 2.30. The molecule has 0 spiro atoms. The molecule has 4 N–H and O–H groups in total. The van der Waals surface area contributed by atoms with E-state index in [0.717, 1.165) is 39.7 Å². The van der Waals surface area contributed by atoms with Gasteiger partial charge >= 0.3 is 6.03 Å². The molecule has 13 nitrogen and oxygen atoms in total. The van der Waals surface area contributed by atoms with Crippen LogP contribution in [0, 0.1) is 11.3 Å². The van der Waals surface area contributed by atoms with E-state index in [2.05, 4.69) is 77.1 Å². The number of nitriles is 1. The largest absolute Gasteiger partial charge is 0.487 e. The van der Waals surface area contributed by atoms with Crippen LogP contribution in [-0.4, -0.2) is 57.6 Å². The molecular weight excluding hydrogens is 719 g/mol. The second-order valence-corrected chi connectivity index (χ2v) is 15.1. The predicted molar refractivity (Wildman–Crippen MR) is 220 cm³/mol. The van der Waals surface area contributed by atoms with Crippen LogP contribution < -0.4 is 31.6 Å². The van der Waals surface area contributed by atoms with E-state index < -0.39 is 11.5 Å². The highest BCUT2D eigenvalue weighted by atomic mass is 16.5. The van der Waals surface area contributed by atoms with Gasteiger partial charge in [0, 0.05) is 61.6 Å². The Morgan fingerprint density at radius 1 is 1.05 bits per heavy atom. The van der Waals surface area contributed by atoms with Crippen molar-refractivity contribution in [2.75, 3.05) is 36.8 Å². The Morgan fingerprint density at radius 2 is 1.82 bits per heavy atom. The maximum Gasteiger partial charge on any atom is 0.317 e. The smallest absolute Gasteiger partial charge is 0.317 e. The number of nitrogens with two attached hydrogens (primary N) is 1. The van der Waals surface area contributed by atoms with Crippen molar-refractivity contribution in [2.24, 2.45) is 0 Å². The quantitative estimate of drug-likeness (QED) is 0.161. The number of fused-ring (bicyclic) bond motifs is 1. The molecule has 0 radical (unpaired) electrons. The molecule has 7 rings (SSSR count). The van der Waals surface area contributed by atoms with Gasteiger partial charge in [0.1, 0.15) is 24.5 Å². The van der Waals surface area contributed by atoms with Gasteiger partial charge in [0.05, 0.1) is 16.9 Å². The predicted octanol–water partition coefficient (Wildman–Crippen LogP) is 5.71. The lowest BCUT2D eigenvalue weighted by Gasteiger charge is -2.38. The summed E-state index contributed by atoms with van der Waals surface area (Å²) in [4.78, 5) is 51.2. The third-order valence-electron chi connectivity index (χ3n) is 11.1. The van der Waals surface area contributed by atoms with E-state index in [4.69, 9.17) is 10.5 Å². The van der Waals surface area contributed by atoms with Crippen molar-refractivity contribution in [3.63, 3.8) is 0 Å². The second-order valence-electron chi connectivity index (χ2n) is 15.1. The van der Waals surface area contributed by atoms with Crippen molar-refractivity contribution >= 4 is 34.3 Å². The lowest BCUT2D eigenvalue weighted by atomic mass is 9.76. The van der Waals surface area contributed by atoms with Gasteiger partial charge in [0.15, 0.2) is 0 Å². The first kappa shape index (κ1) is 38.6. The summed E-state index contributed by atoms with van der Waals surface area (Å²) in [6, 6.07) is 23.0. The number of allylic oxidation sites excluding steroid dienone is 1. The number of aromatic nitrogens is 3. The van der Waals surface area contributed by atoms with Gasteiger partial charge in [0.2, 0.25) is 11.9 Å². The van der Waals surface area contributed by atoms with Gasteiger partial charge < -0.3 is 35.5 Å². The molecule has 2 aliphatic heterocycles. The van der Waals surface area contributed by atoms with Gasteiger partial charge in [-0.05, 0) is 89.4 Å². The fraction of sp³-hybridized carbons (Fsp3) is 0.318. The summed E-state index contributed by atoms with van der Waals surface area (Å²) in [5.74, 6) is 0.694. The molecule has 5 aromatic rings. The molecule has 57 heavy (non-hydrogen) atoms. The zero-order chi connectivity index (χ0) is 40.3. The maximum atomic E-state index is 13.3. The third kappa shape index (κ3) is 8.16. The molecule has 13 heteroatoms. The number of nitrogen functional groups attached to an aromatic ring is 1. The normalized spacial score (nSPS) is 15.9. The van der Waals surface area contributed by atoms with Crippen LogP contribution in [0.2, 0.25) is 0 Å². The first-order valence-corrected chi connectivity index (χ1v) is 19.2. The molecule has 0 aliphatic carbocycles. The fourth-order valence-corrected chi connectivity index (χ4v) is 7.69. The molecule has 0 bridgehead atoms. The number of amides is 3. The fourth-order valence-electron chi connectivity index (χ4n) is 7.69. The van der Waals surface area contributed by atoms with Crippen LogP contribution in [0.15, 0.2) is 96.2 Å². The van der Waals surface area contributed by atoms with Crippen molar-refractivity contribution in [1.29, 1.82) is 5.26 Å². The molecule has 3 aromatic carbocycles. The van der Waals surface area contributed by atoms with Crippen LogP contribution in [0.3, 0.4) is 0 Å². The number of aryl methyl sites for hydroxylation is 1. The highest BCUT2D eigenvalue weighted by Crippen LogP contribution is 2.38.